The van der Waals surface area contributed by atoms with Gasteiger partial charge in [0.15, 0.2) is 0 Å². The number of nitrogens with zero attached hydrogens (tertiary/aromatic N) is 2. The first kappa shape index (κ1) is 18.5. The van der Waals surface area contributed by atoms with Gasteiger partial charge in [0.1, 0.15) is 11.6 Å². The summed E-state index contributed by atoms with van der Waals surface area (Å²) in [4.78, 5) is 16.8. The van der Waals surface area contributed by atoms with E-state index in [2.05, 4.69) is 20.8 Å². The minimum Gasteiger partial charge on any atom is -0.497 e. The van der Waals surface area contributed by atoms with E-state index in [1.54, 1.807) is 7.11 Å². The lowest BCUT2D eigenvalue weighted by atomic mass is 10.1. The van der Waals surface area contributed by atoms with Crippen LogP contribution in [0.25, 0.3) is 11.0 Å². The van der Waals surface area contributed by atoms with Crippen molar-refractivity contribution in [3.63, 3.8) is 0 Å². The number of para-hydroxylation sites is 2. The van der Waals surface area contributed by atoms with Gasteiger partial charge in [0, 0.05) is 13.0 Å². The third kappa shape index (κ3) is 4.68. The molecule has 5 heteroatoms. The second-order valence-corrected chi connectivity index (χ2v) is 6.29. The Hall–Kier alpha value is -3.26. The molecule has 0 aliphatic rings. The number of carbonyl (C=O) groups excluding carboxylic acids is 1. The lowest BCUT2D eigenvalue weighted by Crippen LogP contribution is -2.26. The number of methoxy groups -OCH3 is 1. The highest BCUT2D eigenvalue weighted by Crippen LogP contribution is 2.17. The summed E-state index contributed by atoms with van der Waals surface area (Å²) in [7, 11) is 1.62. The minimum atomic E-state index is 0.0114. The number of aryl methyl sites for hydroxylation is 1. The van der Waals surface area contributed by atoms with Crippen LogP contribution in [0.3, 0.4) is 0 Å². The number of hydrogen-bond donors (Lipinski definition) is 1. The summed E-state index contributed by atoms with van der Waals surface area (Å²) in [6.07, 6.45) is 7.43. The largest absolute Gasteiger partial charge is 0.497 e. The number of aromatic nitrogens is 2. The van der Waals surface area contributed by atoms with Gasteiger partial charge in [-0.2, -0.15) is 0 Å². The first-order valence-corrected chi connectivity index (χ1v) is 8.98. The summed E-state index contributed by atoms with van der Waals surface area (Å²) in [5, 5.41) is 2.97. The van der Waals surface area contributed by atoms with Crippen LogP contribution in [0.4, 0.5) is 0 Å². The Balaban J connectivity index is 1.51. The molecule has 0 bridgehead atoms. The van der Waals surface area contributed by atoms with E-state index < -0.39 is 0 Å². The van der Waals surface area contributed by atoms with Gasteiger partial charge in [-0.15, -0.1) is 6.42 Å². The van der Waals surface area contributed by atoms with E-state index in [0.29, 0.717) is 19.5 Å². The number of rotatable bonds is 8. The van der Waals surface area contributed by atoms with Gasteiger partial charge in [0.05, 0.1) is 31.1 Å². The zero-order valence-electron chi connectivity index (χ0n) is 15.4. The third-order valence-electron chi connectivity index (χ3n) is 4.41. The van der Waals surface area contributed by atoms with Gasteiger partial charge in [-0.05, 0) is 36.2 Å². The topological polar surface area (TPSA) is 56.2 Å². The molecule has 138 valence electrons. The second kappa shape index (κ2) is 8.91. The fourth-order valence-electron chi connectivity index (χ4n) is 3.05. The maximum Gasteiger partial charge on any atom is 0.224 e. The molecule has 0 unspecified atom stereocenters. The molecule has 2 aromatic carbocycles. The quantitative estimate of drug-likeness (QED) is 0.496. The number of imidazole rings is 1. The molecule has 1 N–H and O–H groups in total. The van der Waals surface area contributed by atoms with Crippen LogP contribution >= 0.6 is 0 Å². The highest BCUT2D eigenvalue weighted by Gasteiger charge is 2.09. The van der Waals surface area contributed by atoms with Crippen molar-refractivity contribution in [2.45, 2.75) is 25.8 Å². The molecule has 0 aliphatic heterocycles. The van der Waals surface area contributed by atoms with Crippen LogP contribution in [0.2, 0.25) is 0 Å². The Kier molecular flexibility index (Phi) is 6.11. The first-order valence-electron chi connectivity index (χ1n) is 8.98. The molecule has 0 radical (unpaired) electrons. The van der Waals surface area contributed by atoms with E-state index >= 15 is 0 Å². The Labute approximate surface area is 159 Å². The molecule has 27 heavy (non-hydrogen) atoms. The predicted octanol–water partition coefficient (Wildman–Crippen LogP) is 2.97. The van der Waals surface area contributed by atoms with Crippen molar-refractivity contribution in [3.05, 3.63) is 59.9 Å². The van der Waals surface area contributed by atoms with E-state index in [1.807, 2.05) is 48.5 Å². The van der Waals surface area contributed by atoms with Gasteiger partial charge < -0.3 is 14.6 Å². The summed E-state index contributed by atoms with van der Waals surface area (Å²) in [5.74, 6) is 4.45. The second-order valence-electron chi connectivity index (χ2n) is 6.29. The lowest BCUT2D eigenvalue weighted by molar-refractivity contribution is -0.120. The number of terminal acetylenes is 1. The fraction of sp³-hybridized carbons (Fsp3) is 0.273. The maximum absolute atomic E-state index is 12.1. The standard InChI is InChI=1S/C22H23N3O2/c1-3-15-25-20-8-5-4-7-19(20)24-21(25)9-6-14-23-22(26)16-17-10-12-18(27-2)13-11-17/h1,4-5,7-8,10-13H,6,9,14-16H2,2H3,(H,23,26). The minimum absolute atomic E-state index is 0.0114. The zero-order valence-corrected chi connectivity index (χ0v) is 15.4. The van der Waals surface area contributed by atoms with Crippen molar-refractivity contribution in [1.29, 1.82) is 0 Å². The average molecular weight is 361 g/mol. The number of hydrogen-bond acceptors (Lipinski definition) is 3. The number of ether oxygens (including phenoxy) is 1. The van der Waals surface area contributed by atoms with Crippen LogP contribution in [0, 0.1) is 12.3 Å². The molecular weight excluding hydrogens is 338 g/mol. The molecule has 0 saturated carbocycles. The van der Waals surface area contributed by atoms with E-state index in [9.17, 15) is 4.79 Å². The normalized spacial score (nSPS) is 10.5. The summed E-state index contributed by atoms with van der Waals surface area (Å²) in [6.45, 7) is 1.11. The van der Waals surface area contributed by atoms with E-state index in [-0.39, 0.29) is 5.91 Å². The van der Waals surface area contributed by atoms with Crippen LogP contribution in [-0.2, 0) is 24.2 Å². The molecule has 0 spiro atoms. The van der Waals surface area contributed by atoms with Crippen LogP contribution in [0.1, 0.15) is 17.8 Å². The average Bonchev–Trinajstić information content (AvgIpc) is 3.04. The molecule has 3 rings (SSSR count). The highest BCUT2D eigenvalue weighted by atomic mass is 16.5. The van der Waals surface area contributed by atoms with Gasteiger partial charge >= 0.3 is 0 Å². The number of fused-ring (bicyclic) bond motifs is 1. The number of carbonyl (C=O) groups is 1. The molecule has 0 aliphatic carbocycles. The van der Waals surface area contributed by atoms with Crippen molar-refractivity contribution >= 4 is 16.9 Å². The Morgan fingerprint density at radius 2 is 2.00 bits per heavy atom. The smallest absolute Gasteiger partial charge is 0.224 e. The summed E-state index contributed by atoms with van der Waals surface area (Å²) in [5.41, 5.74) is 2.96. The number of nitrogens with one attached hydrogen (secondary N) is 1. The van der Waals surface area contributed by atoms with Gasteiger partial charge in [0.25, 0.3) is 0 Å². The molecule has 1 aromatic heterocycles. The fourth-order valence-corrected chi connectivity index (χ4v) is 3.05. The predicted molar refractivity (Wildman–Crippen MR) is 107 cm³/mol. The molecule has 5 nitrogen and oxygen atoms in total. The van der Waals surface area contributed by atoms with Crippen LogP contribution in [0.5, 0.6) is 5.75 Å². The monoisotopic (exact) mass is 361 g/mol. The van der Waals surface area contributed by atoms with E-state index in [4.69, 9.17) is 11.2 Å². The van der Waals surface area contributed by atoms with Crippen molar-refractivity contribution in [2.24, 2.45) is 0 Å². The Bertz CT molecular complexity index is 952. The van der Waals surface area contributed by atoms with Crippen molar-refractivity contribution in [3.8, 4) is 18.1 Å². The third-order valence-corrected chi connectivity index (χ3v) is 4.41. The molecule has 3 aromatic rings. The van der Waals surface area contributed by atoms with Crippen molar-refractivity contribution in [2.75, 3.05) is 13.7 Å². The van der Waals surface area contributed by atoms with E-state index in [0.717, 1.165) is 41.0 Å². The first-order chi connectivity index (χ1) is 13.2. The maximum atomic E-state index is 12.1. The number of benzene rings is 2. The van der Waals surface area contributed by atoms with E-state index in [1.165, 1.54) is 0 Å². The van der Waals surface area contributed by atoms with Crippen LogP contribution in [-0.4, -0.2) is 29.1 Å². The molecule has 1 amide bonds. The molecule has 1 heterocycles. The van der Waals surface area contributed by atoms with Crippen LogP contribution in [0.15, 0.2) is 48.5 Å². The molecule has 0 saturated heterocycles. The Morgan fingerprint density at radius 1 is 1.22 bits per heavy atom. The zero-order chi connectivity index (χ0) is 19.1. The molecular formula is C22H23N3O2. The van der Waals surface area contributed by atoms with Crippen molar-refractivity contribution in [1.82, 2.24) is 14.9 Å². The summed E-state index contributed by atoms with van der Waals surface area (Å²) >= 11 is 0. The van der Waals surface area contributed by atoms with Gasteiger partial charge in [0.2, 0.25) is 5.91 Å². The van der Waals surface area contributed by atoms with Crippen LogP contribution < -0.4 is 10.1 Å². The van der Waals surface area contributed by atoms with Gasteiger partial charge in [-0.3, -0.25) is 4.79 Å². The molecule has 0 fully saturated rings. The van der Waals surface area contributed by atoms with Crippen molar-refractivity contribution < 1.29 is 9.53 Å². The lowest BCUT2D eigenvalue weighted by Gasteiger charge is -2.07. The SMILES string of the molecule is C#CCn1c(CCCNC(=O)Cc2ccc(OC)cc2)nc2ccccc21. The summed E-state index contributed by atoms with van der Waals surface area (Å²) in [6, 6.07) is 15.5. The summed E-state index contributed by atoms with van der Waals surface area (Å²) < 4.78 is 7.19. The number of amides is 1. The van der Waals surface area contributed by atoms with Gasteiger partial charge in [-0.1, -0.05) is 30.2 Å². The molecule has 0 atom stereocenters. The highest BCUT2D eigenvalue weighted by molar-refractivity contribution is 5.78. The van der Waals surface area contributed by atoms with Gasteiger partial charge in [-0.25, -0.2) is 4.98 Å². The Morgan fingerprint density at radius 3 is 2.74 bits per heavy atom.